The molecule has 0 N–H and O–H groups in total. The Labute approximate surface area is 105 Å². The molecule has 0 radical (unpaired) electrons. The van der Waals surface area contributed by atoms with E-state index >= 15 is 0 Å². The van der Waals surface area contributed by atoms with Crippen molar-refractivity contribution in [2.45, 2.75) is 18.7 Å². The predicted octanol–water partition coefficient (Wildman–Crippen LogP) is 2.92. The largest absolute Gasteiger partial charge is 0.338 e. The monoisotopic (exact) mass is 255 g/mol. The van der Waals surface area contributed by atoms with Gasteiger partial charge < -0.3 is 4.90 Å². The van der Waals surface area contributed by atoms with E-state index in [-0.39, 0.29) is 22.8 Å². The highest BCUT2D eigenvalue weighted by Crippen LogP contribution is 2.23. The fourth-order valence-corrected chi connectivity index (χ4v) is 2.28. The van der Waals surface area contributed by atoms with Gasteiger partial charge in [0.15, 0.2) is 0 Å². The number of nitrogens with zero attached hydrogens (tertiary/aromatic N) is 1. The average Bonchev–Trinajstić information content (AvgIpc) is 2.32. The van der Waals surface area contributed by atoms with Crippen LogP contribution in [0.4, 0.5) is 4.39 Å². The summed E-state index contributed by atoms with van der Waals surface area (Å²) in [5, 5.41) is 0.111. The summed E-state index contributed by atoms with van der Waals surface area (Å²) in [6.45, 7) is 3.21. The summed E-state index contributed by atoms with van der Waals surface area (Å²) >= 11 is 6.10. The first kappa shape index (κ1) is 12.4. The molecule has 2 unspecified atom stereocenters. The van der Waals surface area contributed by atoms with Gasteiger partial charge in [0.2, 0.25) is 0 Å². The number of piperidine rings is 1. The van der Waals surface area contributed by atoms with Crippen LogP contribution in [-0.2, 0) is 0 Å². The normalized spacial score (nSPS) is 24.8. The molecule has 2 nitrogen and oxygen atoms in total. The van der Waals surface area contributed by atoms with Crippen LogP contribution < -0.4 is 0 Å². The van der Waals surface area contributed by atoms with Gasteiger partial charge in [-0.2, -0.15) is 0 Å². The molecule has 2 rings (SSSR count). The molecule has 0 aliphatic carbocycles. The van der Waals surface area contributed by atoms with Gasteiger partial charge in [-0.15, -0.1) is 11.6 Å². The van der Waals surface area contributed by atoms with Crippen molar-refractivity contribution >= 4 is 17.5 Å². The molecule has 1 fully saturated rings. The molecule has 1 amide bonds. The minimum absolute atomic E-state index is 0.111. The van der Waals surface area contributed by atoms with Crippen molar-refractivity contribution in [3.63, 3.8) is 0 Å². The van der Waals surface area contributed by atoms with Gasteiger partial charge in [-0.3, -0.25) is 4.79 Å². The molecule has 4 heteroatoms. The third-order valence-corrected chi connectivity index (χ3v) is 3.84. The van der Waals surface area contributed by atoms with Gasteiger partial charge in [-0.05, 0) is 24.5 Å². The molecule has 2 atom stereocenters. The van der Waals surface area contributed by atoms with Gasteiger partial charge in [0, 0.05) is 18.5 Å². The predicted molar refractivity (Wildman–Crippen MR) is 65.7 cm³/mol. The second-order valence-corrected chi connectivity index (χ2v) is 5.07. The lowest BCUT2D eigenvalue weighted by molar-refractivity contribution is 0.0682. The summed E-state index contributed by atoms with van der Waals surface area (Å²) < 4.78 is 13.5. The van der Waals surface area contributed by atoms with E-state index in [1.807, 2.05) is 6.92 Å². The lowest BCUT2D eigenvalue weighted by Gasteiger charge is -2.34. The second-order valence-electron chi connectivity index (χ2n) is 4.51. The Kier molecular flexibility index (Phi) is 3.67. The van der Waals surface area contributed by atoms with Crippen molar-refractivity contribution in [1.82, 2.24) is 4.90 Å². The highest BCUT2D eigenvalue weighted by atomic mass is 35.5. The van der Waals surface area contributed by atoms with Crippen LogP contribution in [0.15, 0.2) is 24.3 Å². The van der Waals surface area contributed by atoms with Crippen molar-refractivity contribution in [2.75, 3.05) is 13.1 Å². The fourth-order valence-electron chi connectivity index (χ4n) is 2.11. The molecule has 92 valence electrons. The summed E-state index contributed by atoms with van der Waals surface area (Å²) in [6.07, 6.45) is 0.767. The van der Waals surface area contributed by atoms with Crippen LogP contribution in [0.2, 0.25) is 0 Å². The summed E-state index contributed by atoms with van der Waals surface area (Å²) in [5.74, 6) is -0.446. The number of benzene rings is 1. The maximum atomic E-state index is 13.5. The topological polar surface area (TPSA) is 20.3 Å². The van der Waals surface area contributed by atoms with E-state index in [0.29, 0.717) is 13.1 Å². The van der Waals surface area contributed by atoms with E-state index in [0.717, 1.165) is 6.42 Å². The van der Waals surface area contributed by atoms with Crippen LogP contribution in [0.1, 0.15) is 23.7 Å². The van der Waals surface area contributed by atoms with Gasteiger partial charge in [-0.1, -0.05) is 19.1 Å². The molecule has 0 bridgehead atoms. The van der Waals surface area contributed by atoms with E-state index in [1.165, 1.54) is 12.1 Å². The summed E-state index contributed by atoms with van der Waals surface area (Å²) in [7, 11) is 0. The average molecular weight is 256 g/mol. The number of carbonyl (C=O) groups is 1. The maximum Gasteiger partial charge on any atom is 0.256 e. The highest BCUT2D eigenvalue weighted by molar-refractivity contribution is 6.20. The van der Waals surface area contributed by atoms with Gasteiger partial charge in [0.05, 0.1) is 5.56 Å². The van der Waals surface area contributed by atoms with Crippen molar-refractivity contribution in [3.05, 3.63) is 35.6 Å². The first-order valence-electron chi connectivity index (χ1n) is 5.77. The molecule has 1 aliphatic heterocycles. The van der Waals surface area contributed by atoms with Gasteiger partial charge >= 0.3 is 0 Å². The highest BCUT2D eigenvalue weighted by Gasteiger charge is 2.28. The molecule has 1 aromatic rings. The van der Waals surface area contributed by atoms with E-state index in [1.54, 1.807) is 17.0 Å². The Balaban J connectivity index is 2.14. The van der Waals surface area contributed by atoms with Crippen molar-refractivity contribution < 1.29 is 9.18 Å². The minimum atomic E-state index is -0.460. The first-order valence-corrected chi connectivity index (χ1v) is 6.21. The Morgan fingerprint density at radius 2 is 2.18 bits per heavy atom. The Bertz CT molecular complexity index is 424. The van der Waals surface area contributed by atoms with Crippen LogP contribution in [-0.4, -0.2) is 29.3 Å². The SMILES string of the molecule is CC1CN(C(=O)c2ccccc2F)CCC1Cl. The minimum Gasteiger partial charge on any atom is -0.338 e. The number of likely N-dealkylation sites (tertiary alicyclic amines) is 1. The molecule has 1 aliphatic rings. The summed E-state index contributed by atoms with van der Waals surface area (Å²) in [4.78, 5) is 13.8. The third kappa shape index (κ3) is 2.60. The lowest BCUT2D eigenvalue weighted by Crippen LogP contribution is -2.43. The molecule has 1 aromatic carbocycles. The van der Waals surface area contributed by atoms with Crippen LogP contribution in [0.5, 0.6) is 0 Å². The molecule has 0 saturated carbocycles. The number of carbonyl (C=O) groups excluding carboxylic acids is 1. The van der Waals surface area contributed by atoms with Crippen LogP contribution >= 0.6 is 11.6 Å². The molecule has 0 aromatic heterocycles. The first-order chi connectivity index (χ1) is 8.09. The Morgan fingerprint density at radius 1 is 1.47 bits per heavy atom. The van der Waals surface area contributed by atoms with Gasteiger partial charge in [-0.25, -0.2) is 4.39 Å². The van der Waals surface area contributed by atoms with E-state index in [9.17, 15) is 9.18 Å². The molecular weight excluding hydrogens is 241 g/mol. The second kappa shape index (κ2) is 5.05. The van der Waals surface area contributed by atoms with Gasteiger partial charge in [0.25, 0.3) is 5.91 Å². The van der Waals surface area contributed by atoms with Crippen LogP contribution in [0.3, 0.4) is 0 Å². The molecular formula is C13H15ClFNO. The zero-order valence-electron chi connectivity index (χ0n) is 9.70. The lowest BCUT2D eigenvalue weighted by atomic mass is 9.99. The zero-order valence-corrected chi connectivity index (χ0v) is 10.5. The van der Waals surface area contributed by atoms with Crippen molar-refractivity contribution in [3.8, 4) is 0 Å². The number of amides is 1. The van der Waals surface area contributed by atoms with Gasteiger partial charge in [0.1, 0.15) is 5.82 Å². The number of hydrogen-bond donors (Lipinski definition) is 0. The van der Waals surface area contributed by atoms with E-state index < -0.39 is 5.82 Å². The van der Waals surface area contributed by atoms with E-state index in [4.69, 9.17) is 11.6 Å². The van der Waals surface area contributed by atoms with E-state index in [2.05, 4.69) is 0 Å². The molecule has 17 heavy (non-hydrogen) atoms. The van der Waals surface area contributed by atoms with Crippen LogP contribution in [0.25, 0.3) is 0 Å². The number of rotatable bonds is 1. The number of halogens is 2. The smallest absolute Gasteiger partial charge is 0.256 e. The standard InChI is InChI=1S/C13H15ClFNO/c1-9-8-16(7-6-11(9)14)13(17)10-4-2-3-5-12(10)15/h2-5,9,11H,6-8H2,1H3. The fraction of sp³-hybridized carbons (Fsp3) is 0.462. The Morgan fingerprint density at radius 3 is 2.82 bits per heavy atom. The summed E-state index contributed by atoms with van der Waals surface area (Å²) in [5.41, 5.74) is 0.146. The number of alkyl halides is 1. The Hall–Kier alpha value is -1.09. The number of hydrogen-bond acceptors (Lipinski definition) is 1. The maximum absolute atomic E-state index is 13.5. The van der Waals surface area contributed by atoms with Crippen molar-refractivity contribution in [2.24, 2.45) is 5.92 Å². The van der Waals surface area contributed by atoms with Crippen molar-refractivity contribution in [1.29, 1.82) is 0 Å². The molecule has 0 spiro atoms. The van der Waals surface area contributed by atoms with Crippen LogP contribution in [0, 0.1) is 11.7 Å². The zero-order chi connectivity index (χ0) is 12.4. The third-order valence-electron chi connectivity index (χ3n) is 3.19. The molecule has 1 saturated heterocycles. The quantitative estimate of drug-likeness (QED) is 0.707. The molecule has 1 heterocycles. The summed E-state index contributed by atoms with van der Waals surface area (Å²) in [6, 6.07) is 6.09.